The summed E-state index contributed by atoms with van der Waals surface area (Å²) in [5, 5.41) is 0. The van der Waals surface area contributed by atoms with Gasteiger partial charge in [-0.05, 0) is 42.9 Å². The molecule has 0 radical (unpaired) electrons. The van der Waals surface area contributed by atoms with Gasteiger partial charge in [-0.25, -0.2) is 0 Å². The summed E-state index contributed by atoms with van der Waals surface area (Å²) in [6.45, 7) is 0. The van der Waals surface area contributed by atoms with Gasteiger partial charge in [-0.15, -0.1) is 0 Å². The predicted molar refractivity (Wildman–Crippen MR) is 54.0 cm³/mol. The molecule has 1 heteroatoms. The summed E-state index contributed by atoms with van der Waals surface area (Å²) < 4.78 is 0. The van der Waals surface area contributed by atoms with Crippen molar-refractivity contribution in [1.82, 2.24) is 0 Å². The Morgan fingerprint density at radius 1 is 1.08 bits per heavy atom. The van der Waals surface area contributed by atoms with E-state index in [1.165, 1.54) is 5.92 Å². The van der Waals surface area contributed by atoms with Crippen LogP contribution in [-0.2, 0) is 0 Å². The van der Waals surface area contributed by atoms with E-state index in [-0.39, 0.29) is 0 Å². The fraction of sp³-hybridized carbons (Fsp3) is 1.00. The van der Waals surface area contributed by atoms with E-state index in [1.807, 2.05) is 0 Å². The molecule has 3 aliphatic carbocycles. The van der Waals surface area contributed by atoms with Crippen molar-refractivity contribution in [3.8, 4) is 0 Å². The summed E-state index contributed by atoms with van der Waals surface area (Å²) in [6, 6.07) is 0. The summed E-state index contributed by atoms with van der Waals surface area (Å²) in [4.78, 5) is 0. The molecule has 4 unspecified atom stereocenters. The zero-order valence-electron chi connectivity index (χ0n) is 8.18. The van der Waals surface area contributed by atoms with E-state index in [0.29, 0.717) is 0 Å². The third-order valence-corrected chi connectivity index (χ3v) is 5.10. The second kappa shape index (κ2) is 2.30. The molecule has 0 amide bonds. The molecule has 0 aromatic rings. The van der Waals surface area contributed by atoms with Gasteiger partial charge in [0.1, 0.15) is 7.85 Å². The average molecular weight is 162 g/mol. The molecule has 0 saturated heterocycles. The first-order chi connectivity index (χ1) is 5.81. The minimum absolute atomic E-state index is 0.900. The van der Waals surface area contributed by atoms with E-state index in [4.69, 9.17) is 0 Å². The molecule has 0 aromatic heterocycles. The maximum absolute atomic E-state index is 2.47. The van der Waals surface area contributed by atoms with Crippen molar-refractivity contribution in [1.29, 1.82) is 0 Å². The molecule has 3 saturated carbocycles. The van der Waals surface area contributed by atoms with Crippen LogP contribution in [0, 0.1) is 17.3 Å². The van der Waals surface area contributed by atoms with Crippen LogP contribution in [0.5, 0.6) is 0 Å². The van der Waals surface area contributed by atoms with Crippen molar-refractivity contribution in [2.75, 3.05) is 0 Å². The molecule has 0 nitrogen and oxygen atoms in total. The first-order valence-electron chi connectivity index (χ1n) is 5.81. The average Bonchev–Trinajstić information content (AvgIpc) is 2.35. The van der Waals surface area contributed by atoms with Crippen molar-refractivity contribution in [3.63, 3.8) is 0 Å². The maximum atomic E-state index is 2.47. The largest absolute Gasteiger partial charge is 0.105 e. The fourth-order valence-corrected chi connectivity index (χ4v) is 4.59. The Morgan fingerprint density at radius 2 is 1.92 bits per heavy atom. The Labute approximate surface area is 76.5 Å². The van der Waals surface area contributed by atoms with Gasteiger partial charge in [0.25, 0.3) is 0 Å². The van der Waals surface area contributed by atoms with Crippen molar-refractivity contribution < 1.29 is 0 Å². The highest BCUT2D eigenvalue weighted by molar-refractivity contribution is 6.11. The lowest BCUT2D eigenvalue weighted by molar-refractivity contribution is -0.0467. The number of rotatable bonds is 0. The van der Waals surface area contributed by atoms with E-state index in [1.54, 1.807) is 44.9 Å². The lowest BCUT2D eigenvalue weighted by Crippen LogP contribution is -2.45. The molecular weight excluding hydrogens is 143 g/mol. The van der Waals surface area contributed by atoms with Crippen LogP contribution in [-0.4, -0.2) is 7.85 Å². The molecule has 3 fully saturated rings. The van der Waals surface area contributed by atoms with Crippen LogP contribution in [0.2, 0.25) is 5.82 Å². The Hall–Kier alpha value is 0.0649. The summed E-state index contributed by atoms with van der Waals surface area (Å²) >= 11 is 0. The van der Waals surface area contributed by atoms with Gasteiger partial charge in [-0.3, -0.25) is 0 Å². The van der Waals surface area contributed by atoms with Crippen molar-refractivity contribution in [2.45, 2.75) is 50.8 Å². The second-order valence-electron chi connectivity index (χ2n) is 5.64. The van der Waals surface area contributed by atoms with Gasteiger partial charge in [-0.1, -0.05) is 25.1 Å². The first-order valence-corrected chi connectivity index (χ1v) is 5.81. The third-order valence-electron chi connectivity index (χ3n) is 5.10. The lowest BCUT2D eigenvalue weighted by atomic mass is 9.50. The molecule has 3 aliphatic rings. The number of hydrogen-bond donors (Lipinski definition) is 0. The summed E-state index contributed by atoms with van der Waals surface area (Å²) in [6.07, 6.45) is 11.0. The van der Waals surface area contributed by atoms with E-state index in [0.717, 1.165) is 17.2 Å². The third kappa shape index (κ3) is 0.756. The molecule has 0 bridgehead atoms. The van der Waals surface area contributed by atoms with Crippen LogP contribution in [0.1, 0.15) is 44.9 Å². The standard InChI is InChI=1S/C11H19B/c12-10-6-9-3-1-2-8-4-5-11(8,9)7-10/h8-10H,1-7,12H2. The van der Waals surface area contributed by atoms with E-state index in [2.05, 4.69) is 7.85 Å². The topological polar surface area (TPSA) is 0 Å². The normalized spacial score (nSPS) is 57.2. The molecule has 4 atom stereocenters. The van der Waals surface area contributed by atoms with Gasteiger partial charge in [0.2, 0.25) is 0 Å². The van der Waals surface area contributed by atoms with Gasteiger partial charge in [0.15, 0.2) is 0 Å². The monoisotopic (exact) mass is 162 g/mol. The summed E-state index contributed by atoms with van der Waals surface area (Å²) in [5.41, 5.74) is 0.900. The highest BCUT2D eigenvalue weighted by atomic mass is 14.6. The van der Waals surface area contributed by atoms with Crippen LogP contribution in [0.15, 0.2) is 0 Å². The Morgan fingerprint density at radius 3 is 2.58 bits per heavy atom. The maximum Gasteiger partial charge on any atom is 0.105 e. The van der Waals surface area contributed by atoms with Gasteiger partial charge in [0.05, 0.1) is 0 Å². The van der Waals surface area contributed by atoms with Crippen LogP contribution in [0.4, 0.5) is 0 Å². The second-order valence-corrected chi connectivity index (χ2v) is 5.64. The van der Waals surface area contributed by atoms with Gasteiger partial charge < -0.3 is 0 Å². The van der Waals surface area contributed by atoms with E-state index < -0.39 is 0 Å². The molecule has 0 N–H and O–H groups in total. The van der Waals surface area contributed by atoms with Gasteiger partial charge >= 0.3 is 0 Å². The molecule has 12 heavy (non-hydrogen) atoms. The Bertz CT molecular complexity index is 201. The Kier molecular flexibility index (Phi) is 1.43. The lowest BCUT2D eigenvalue weighted by Gasteiger charge is -2.55. The smallest absolute Gasteiger partial charge is 0.0689 e. The van der Waals surface area contributed by atoms with Crippen LogP contribution < -0.4 is 0 Å². The molecule has 1 spiro atoms. The van der Waals surface area contributed by atoms with Crippen LogP contribution in [0.25, 0.3) is 0 Å². The van der Waals surface area contributed by atoms with Crippen molar-refractivity contribution >= 4 is 7.85 Å². The SMILES string of the molecule is BC1CC2CCCC3CCC32C1. The number of hydrogen-bond acceptors (Lipinski definition) is 0. The van der Waals surface area contributed by atoms with E-state index in [9.17, 15) is 0 Å². The molecular formula is C11H19B. The molecule has 0 heterocycles. The predicted octanol–water partition coefficient (Wildman–Crippen LogP) is 2.40. The minimum Gasteiger partial charge on any atom is -0.0689 e. The zero-order valence-corrected chi connectivity index (χ0v) is 8.18. The molecule has 0 aliphatic heterocycles. The zero-order chi connectivity index (χ0) is 8.18. The summed E-state index contributed by atoms with van der Waals surface area (Å²) in [7, 11) is 2.47. The van der Waals surface area contributed by atoms with Crippen LogP contribution in [0.3, 0.4) is 0 Å². The van der Waals surface area contributed by atoms with Crippen molar-refractivity contribution in [2.24, 2.45) is 17.3 Å². The van der Waals surface area contributed by atoms with E-state index >= 15 is 0 Å². The van der Waals surface area contributed by atoms with Gasteiger partial charge in [0, 0.05) is 0 Å². The molecule has 3 rings (SSSR count). The first kappa shape index (κ1) is 7.47. The highest BCUT2D eigenvalue weighted by Gasteiger charge is 2.56. The highest BCUT2D eigenvalue weighted by Crippen LogP contribution is 2.67. The summed E-state index contributed by atoms with van der Waals surface area (Å²) in [5.74, 6) is 3.37. The quantitative estimate of drug-likeness (QED) is 0.480. The molecule has 0 aromatic carbocycles. The Balaban J connectivity index is 1.89. The van der Waals surface area contributed by atoms with Gasteiger partial charge in [-0.2, -0.15) is 0 Å². The molecule has 66 valence electrons. The van der Waals surface area contributed by atoms with Crippen LogP contribution >= 0.6 is 0 Å². The fourth-order valence-electron chi connectivity index (χ4n) is 4.59. The van der Waals surface area contributed by atoms with Crippen molar-refractivity contribution in [3.05, 3.63) is 0 Å². The minimum atomic E-state index is 0.900.